The van der Waals surface area contributed by atoms with E-state index >= 15 is 0 Å². The van der Waals surface area contributed by atoms with Crippen LogP contribution in [0, 0.1) is 13.8 Å². The zero-order valence-corrected chi connectivity index (χ0v) is 10.8. The van der Waals surface area contributed by atoms with E-state index in [0.29, 0.717) is 35.9 Å². The van der Waals surface area contributed by atoms with Crippen LogP contribution in [0.25, 0.3) is 0 Å². The number of hydrogen-bond donors (Lipinski definition) is 0. The van der Waals surface area contributed by atoms with Crippen LogP contribution in [0.2, 0.25) is 0 Å². The number of aromatic nitrogens is 3. The zero-order valence-electron chi connectivity index (χ0n) is 10.8. The van der Waals surface area contributed by atoms with Crippen molar-refractivity contribution in [1.82, 2.24) is 20.2 Å². The standard InChI is InChI=1S/C12H14N4O3/c1-7-10(8(2)19-14-7)12(17)16-4-3-9(5-16)11-13-6-18-15-11/h6,9H,3-5H2,1-2H3/t9-/m0/s1. The van der Waals surface area contributed by atoms with E-state index in [1.807, 2.05) is 0 Å². The summed E-state index contributed by atoms with van der Waals surface area (Å²) in [6.45, 7) is 4.81. The molecule has 2 aromatic heterocycles. The van der Waals surface area contributed by atoms with Gasteiger partial charge in [0.25, 0.3) is 5.91 Å². The Bertz CT molecular complexity index is 571. The third kappa shape index (κ3) is 2.00. The van der Waals surface area contributed by atoms with Gasteiger partial charge in [-0.1, -0.05) is 10.3 Å². The van der Waals surface area contributed by atoms with Gasteiger partial charge in [-0.25, -0.2) is 0 Å². The molecule has 0 N–H and O–H groups in total. The van der Waals surface area contributed by atoms with E-state index < -0.39 is 0 Å². The Morgan fingerprint density at radius 2 is 2.26 bits per heavy atom. The summed E-state index contributed by atoms with van der Waals surface area (Å²) < 4.78 is 9.78. The Kier molecular flexibility index (Phi) is 2.81. The molecule has 1 aliphatic heterocycles. The lowest BCUT2D eigenvalue weighted by atomic mass is 10.1. The number of likely N-dealkylation sites (tertiary alicyclic amines) is 1. The van der Waals surface area contributed by atoms with Crippen molar-refractivity contribution in [3.8, 4) is 0 Å². The molecule has 0 aliphatic carbocycles. The first-order valence-corrected chi connectivity index (χ1v) is 6.15. The summed E-state index contributed by atoms with van der Waals surface area (Å²) in [5.41, 5.74) is 1.19. The number of carbonyl (C=O) groups excluding carboxylic acids is 1. The van der Waals surface area contributed by atoms with Crippen LogP contribution < -0.4 is 0 Å². The first-order valence-electron chi connectivity index (χ1n) is 6.15. The predicted molar refractivity (Wildman–Crippen MR) is 63.5 cm³/mol. The molecule has 1 fully saturated rings. The summed E-state index contributed by atoms with van der Waals surface area (Å²) in [5.74, 6) is 1.32. The fourth-order valence-electron chi connectivity index (χ4n) is 2.46. The van der Waals surface area contributed by atoms with Gasteiger partial charge in [-0.05, 0) is 20.3 Å². The van der Waals surface area contributed by atoms with E-state index in [-0.39, 0.29) is 11.8 Å². The van der Waals surface area contributed by atoms with Crippen LogP contribution in [-0.2, 0) is 0 Å². The molecule has 0 unspecified atom stereocenters. The third-order valence-electron chi connectivity index (χ3n) is 3.47. The molecule has 0 aromatic carbocycles. The number of amides is 1. The van der Waals surface area contributed by atoms with Crippen molar-refractivity contribution in [2.75, 3.05) is 13.1 Å². The highest BCUT2D eigenvalue weighted by molar-refractivity contribution is 5.96. The van der Waals surface area contributed by atoms with E-state index in [2.05, 4.69) is 15.3 Å². The molecule has 1 saturated heterocycles. The molecule has 0 bridgehead atoms. The van der Waals surface area contributed by atoms with E-state index in [9.17, 15) is 4.79 Å². The van der Waals surface area contributed by atoms with Crippen LogP contribution >= 0.6 is 0 Å². The highest BCUT2D eigenvalue weighted by Crippen LogP contribution is 2.27. The molecule has 7 heteroatoms. The molecule has 1 amide bonds. The smallest absolute Gasteiger partial charge is 0.259 e. The average molecular weight is 262 g/mol. The summed E-state index contributed by atoms with van der Waals surface area (Å²) in [6, 6.07) is 0. The van der Waals surface area contributed by atoms with Crippen molar-refractivity contribution in [2.24, 2.45) is 0 Å². The predicted octanol–water partition coefficient (Wildman–Crippen LogP) is 1.30. The summed E-state index contributed by atoms with van der Waals surface area (Å²) in [7, 11) is 0. The Balaban J connectivity index is 1.76. The number of hydrogen-bond acceptors (Lipinski definition) is 6. The van der Waals surface area contributed by atoms with Crippen LogP contribution in [0.1, 0.15) is 40.0 Å². The molecule has 0 saturated carbocycles. The molecule has 1 aliphatic rings. The van der Waals surface area contributed by atoms with Gasteiger partial charge in [-0.15, -0.1) is 0 Å². The normalized spacial score (nSPS) is 19.1. The number of carbonyl (C=O) groups is 1. The Morgan fingerprint density at radius 1 is 1.42 bits per heavy atom. The summed E-state index contributed by atoms with van der Waals surface area (Å²) in [4.78, 5) is 18.3. The minimum absolute atomic E-state index is 0.0396. The molecule has 3 rings (SSSR count). The van der Waals surface area contributed by atoms with Gasteiger partial charge in [0.15, 0.2) is 5.82 Å². The number of aryl methyl sites for hydroxylation is 2. The lowest BCUT2D eigenvalue weighted by Gasteiger charge is -2.15. The van der Waals surface area contributed by atoms with Crippen molar-refractivity contribution in [3.63, 3.8) is 0 Å². The number of nitrogens with zero attached hydrogens (tertiary/aromatic N) is 4. The van der Waals surface area contributed by atoms with Gasteiger partial charge in [0.2, 0.25) is 6.39 Å². The maximum atomic E-state index is 12.4. The SMILES string of the molecule is Cc1noc(C)c1C(=O)N1CC[C@H](c2ncon2)C1. The fraction of sp³-hybridized carbons (Fsp3) is 0.500. The molecule has 7 nitrogen and oxygen atoms in total. The summed E-state index contributed by atoms with van der Waals surface area (Å²) in [5, 5.41) is 7.65. The fourth-order valence-corrected chi connectivity index (χ4v) is 2.46. The van der Waals surface area contributed by atoms with Gasteiger partial charge in [0, 0.05) is 19.0 Å². The Hall–Kier alpha value is -2.18. The third-order valence-corrected chi connectivity index (χ3v) is 3.47. The summed E-state index contributed by atoms with van der Waals surface area (Å²) in [6.07, 6.45) is 2.16. The van der Waals surface area contributed by atoms with Gasteiger partial charge < -0.3 is 13.9 Å². The van der Waals surface area contributed by atoms with E-state index in [1.54, 1.807) is 18.7 Å². The second-order valence-electron chi connectivity index (χ2n) is 4.73. The monoisotopic (exact) mass is 262 g/mol. The van der Waals surface area contributed by atoms with Crippen molar-refractivity contribution in [1.29, 1.82) is 0 Å². The first kappa shape index (κ1) is 11.9. The highest BCUT2D eigenvalue weighted by Gasteiger charge is 2.32. The van der Waals surface area contributed by atoms with Gasteiger partial charge in [0.05, 0.1) is 5.69 Å². The molecule has 19 heavy (non-hydrogen) atoms. The van der Waals surface area contributed by atoms with Gasteiger partial charge in [-0.2, -0.15) is 4.98 Å². The van der Waals surface area contributed by atoms with Gasteiger partial charge in [-0.3, -0.25) is 4.79 Å². The molecule has 0 spiro atoms. The van der Waals surface area contributed by atoms with Gasteiger partial charge in [0.1, 0.15) is 11.3 Å². The zero-order chi connectivity index (χ0) is 13.4. The lowest BCUT2D eigenvalue weighted by molar-refractivity contribution is 0.0788. The molecule has 1 atom stereocenters. The molecule has 100 valence electrons. The Labute approximate surface area is 109 Å². The lowest BCUT2D eigenvalue weighted by Crippen LogP contribution is -2.29. The van der Waals surface area contributed by atoms with Crippen molar-refractivity contribution >= 4 is 5.91 Å². The maximum absolute atomic E-state index is 12.4. The average Bonchev–Trinajstić information content (AvgIpc) is 3.09. The van der Waals surface area contributed by atoms with E-state index in [0.717, 1.165) is 6.42 Å². The topological polar surface area (TPSA) is 85.3 Å². The summed E-state index contributed by atoms with van der Waals surface area (Å²) >= 11 is 0. The minimum Gasteiger partial charge on any atom is -0.361 e. The van der Waals surface area contributed by atoms with Crippen molar-refractivity contribution in [3.05, 3.63) is 29.2 Å². The largest absolute Gasteiger partial charge is 0.361 e. The van der Waals surface area contributed by atoms with E-state index in [4.69, 9.17) is 9.05 Å². The minimum atomic E-state index is -0.0396. The van der Waals surface area contributed by atoms with Crippen molar-refractivity contribution < 1.29 is 13.8 Å². The molecular weight excluding hydrogens is 248 g/mol. The highest BCUT2D eigenvalue weighted by atomic mass is 16.5. The second-order valence-corrected chi connectivity index (χ2v) is 4.73. The molecule has 0 radical (unpaired) electrons. The van der Waals surface area contributed by atoms with Crippen LogP contribution in [0.3, 0.4) is 0 Å². The molecular formula is C12H14N4O3. The van der Waals surface area contributed by atoms with Gasteiger partial charge >= 0.3 is 0 Å². The number of rotatable bonds is 2. The van der Waals surface area contributed by atoms with Crippen LogP contribution in [0.4, 0.5) is 0 Å². The second kappa shape index (κ2) is 4.49. The van der Waals surface area contributed by atoms with E-state index in [1.165, 1.54) is 6.39 Å². The van der Waals surface area contributed by atoms with Crippen LogP contribution in [0.5, 0.6) is 0 Å². The maximum Gasteiger partial charge on any atom is 0.259 e. The first-order chi connectivity index (χ1) is 9.16. The molecule has 3 heterocycles. The van der Waals surface area contributed by atoms with Crippen molar-refractivity contribution in [2.45, 2.75) is 26.2 Å². The van der Waals surface area contributed by atoms with Crippen LogP contribution in [-0.4, -0.2) is 39.2 Å². The quantitative estimate of drug-likeness (QED) is 0.811. The van der Waals surface area contributed by atoms with Crippen LogP contribution in [0.15, 0.2) is 15.4 Å². The Morgan fingerprint density at radius 3 is 2.89 bits per heavy atom. The molecule has 2 aromatic rings.